The molecule has 0 amide bonds. The number of hydrogen-bond donors (Lipinski definition) is 0. The third kappa shape index (κ3) is 2.48. The summed E-state index contributed by atoms with van der Waals surface area (Å²) in [6, 6.07) is 0. The molecule has 0 spiro atoms. The minimum Gasteiger partial charge on any atom is -0.0625 e. The van der Waals surface area contributed by atoms with Crippen molar-refractivity contribution in [1.82, 2.24) is 0 Å². The van der Waals surface area contributed by atoms with Crippen molar-refractivity contribution in [2.75, 3.05) is 0 Å². The molecule has 0 nitrogen and oxygen atoms in total. The maximum atomic E-state index is 2.44. The molecule has 2 saturated carbocycles. The second kappa shape index (κ2) is 4.48. The lowest BCUT2D eigenvalue weighted by Gasteiger charge is -2.21. The Hall–Kier alpha value is 0. The van der Waals surface area contributed by atoms with E-state index in [1.807, 2.05) is 0 Å². The molecular formula is C13H24. The van der Waals surface area contributed by atoms with Gasteiger partial charge in [0.05, 0.1) is 0 Å². The van der Waals surface area contributed by atoms with E-state index in [-0.39, 0.29) is 0 Å². The Balaban J connectivity index is 1.84. The molecule has 0 N–H and O–H groups in total. The van der Waals surface area contributed by atoms with Crippen LogP contribution in [0.15, 0.2) is 0 Å². The predicted octanol–water partition coefficient (Wildman–Crippen LogP) is 4.39. The average molecular weight is 180 g/mol. The van der Waals surface area contributed by atoms with Gasteiger partial charge in [0.15, 0.2) is 0 Å². The predicted molar refractivity (Wildman–Crippen MR) is 57.7 cm³/mol. The van der Waals surface area contributed by atoms with Gasteiger partial charge in [0.2, 0.25) is 0 Å². The van der Waals surface area contributed by atoms with Gasteiger partial charge in [0, 0.05) is 0 Å². The van der Waals surface area contributed by atoms with Crippen molar-refractivity contribution in [3.63, 3.8) is 0 Å². The summed E-state index contributed by atoms with van der Waals surface area (Å²) < 4.78 is 0. The van der Waals surface area contributed by atoms with Crippen molar-refractivity contribution in [2.24, 2.45) is 17.8 Å². The Morgan fingerprint density at radius 3 is 2.00 bits per heavy atom. The summed E-state index contributed by atoms with van der Waals surface area (Å²) in [6.07, 6.45) is 13.8. The van der Waals surface area contributed by atoms with Crippen LogP contribution in [0, 0.1) is 17.8 Å². The van der Waals surface area contributed by atoms with Gasteiger partial charge >= 0.3 is 0 Å². The molecule has 0 aromatic rings. The van der Waals surface area contributed by atoms with Crippen LogP contribution >= 0.6 is 0 Å². The van der Waals surface area contributed by atoms with Gasteiger partial charge in [-0.25, -0.2) is 0 Å². The fraction of sp³-hybridized carbons (Fsp3) is 1.00. The van der Waals surface area contributed by atoms with Gasteiger partial charge in [0.1, 0.15) is 0 Å². The minimum atomic E-state index is 1.02. The van der Waals surface area contributed by atoms with E-state index in [4.69, 9.17) is 0 Å². The lowest BCUT2D eigenvalue weighted by atomic mass is 9.85. The van der Waals surface area contributed by atoms with Crippen molar-refractivity contribution < 1.29 is 0 Å². The van der Waals surface area contributed by atoms with Gasteiger partial charge in [-0.05, 0) is 24.2 Å². The van der Waals surface area contributed by atoms with Crippen molar-refractivity contribution in [1.29, 1.82) is 0 Å². The topological polar surface area (TPSA) is 0 Å². The molecule has 2 atom stereocenters. The van der Waals surface area contributed by atoms with Gasteiger partial charge in [0.25, 0.3) is 0 Å². The van der Waals surface area contributed by atoms with Crippen molar-refractivity contribution in [3.05, 3.63) is 0 Å². The second-order valence-corrected chi connectivity index (χ2v) is 5.42. The van der Waals surface area contributed by atoms with Gasteiger partial charge in [-0.15, -0.1) is 0 Å². The third-order valence-electron chi connectivity index (χ3n) is 4.37. The van der Waals surface area contributed by atoms with E-state index in [2.05, 4.69) is 6.92 Å². The standard InChI is InChI=1S/C13H24/c1-11-5-4-8-13(10-9-11)12-6-2-3-7-12/h11-13H,2-10H2,1H3. The molecule has 2 fully saturated rings. The molecule has 2 aliphatic rings. The third-order valence-corrected chi connectivity index (χ3v) is 4.37. The Labute approximate surface area is 83.1 Å². The molecule has 2 rings (SSSR count). The fourth-order valence-corrected chi connectivity index (χ4v) is 3.42. The molecule has 0 heterocycles. The van der Waals surface area contributed by atoms with E-state index in [0.717, 1.165) is 17.8 Å². The van der Waals surface area contributed by atoms with Gasteiger partial charge in [-0.2, -0.15) is 0 Å². The van der Waals surface area contributed by atoms with Crippen LogP contribution in [-0.4, -0.2) is 0 Å². The highest BCUT2D eigenvalue weighted by atomic mass is 14.3. The van der Waals surface area contributed by atoms with Crippen molar-refractivity contribution in [2.45, 2.75) is 64.7 Å². The Morgan fingerprint density at radius 1 is 0.615 bits per heavy atom. The summed E-state index contributed by atoms with van der Waals surface area (Å²) >= 11 is 0. The highest BCUT2D eigenvalue weighted by Gasteiger charge is 2.26. The van der Waals surface area contributed by atoms with Crippen LogP contribution in [0.25, 0.3) is 0 Å². The van der Waals surface area contributed by atoms with E-state index in [1.54, 1.807) is 25.7 Å². The van der Waals surface area contributed by atoms with E-state index >= 15 is 0 Å². The minimum absolute atomic E-state index is 1.02. The number of hydrogen-bond acceptors (Lipinski definition) is 0. The molecule has 2 unspecified atom stereocenters. The van der Waals surface area contributed by atoms with Gasteiger partial charge < -0.3 is 0 Å². The number of rotatable bonds is 1. The molecule has 0 aromatic carbocycles. The summed E-state index contributed by atoms with van der Waals surface area (Å²) in [6.45, 7) is 2.44. The molecular weight excluding hydrogens is 156 g/mol. The van der Waals surface area contributed by atoms with Crippen molar-refractivity contribution in [3.8, 4) is 0 Å². The molecule has 0 aliphatic heterocycles. The lowest BCUT2D eigenvalue weighted by Crippen LogP contribution is -2.10. The van der Waals surface area contributed by atoms with E-state index in [0.29, 0.717) is 0 Å². The van der Waals surface area contributed by atoms with Gasteiger partial charge in [-0.1, -0.05) is 58.3 Å². The highest BCUT2D eigenvalue weighted by molar-refractivity contribution is 4.78. The maximum absolute atomic E-state index is 2.44. The average Bonchev–Trinajstić information content (AvgIpc) is 2.56. The largest absolute Gasteiger partial charge is 0.0625 e. The molecule has 13 heavy (non-hydrogen) atoms. The SMILES string of the molecule is CC1CCCC(C2CCCC2)CC1. The first kappa shape index (κ1) is 9.55. The first-order chi connectivity index (χ1) is 6.36. The highest BCUT2D eigenvalue weighted by Crippen LogP contribution is 2.39. The second-order valence-electron chi connectivity index (χ2n) is 5.42. The van der Waals surface area contributed by atoms with Crippen LogP contribution in [0.5, 0.6) is 0 Å². The smallest absolute Gasteiger partial charge is 0.0386 e. The van der Waals surface area contributed by atoms with E-state index in [9.17, 15) is 0 Å². The molecule has 2 aliphatic carbocycles. The van der Waals surface area contributed by atoms with E-state index < -0.39 is 0 Å². The molecule has 0 aromatic heterocycles. The van der Waals surface area contributed by atoms with Crippen molar-refractivity contribution >= 4 is 0 Å². The summed E-state index contributed by atoms with van der Waals surface area (Å²) in [5, 5.41) is 0. The molecule has 76 valence electrons. The van der Waals surface area contributed by atoms with Crippen LogP contribution in [0.1, 0.15) is 64.7 Å². The zero-order valence-corrected chi connectivity index (χ0v) is 9.10. The summed E-state index contributed by atoms with van der Waals surface area (Å²) in [5.74, 6) is 3.27. The lowest BCUT2D eigenvalue weighted by molar-refractivity contribution is 0.301. The normalized spacial score (nSPS) is 37.6. The molecule has 0 saturated heterocycles. The first-order valence-corrected chi connectivity index (χ1v) is 6.36. The van der Waals surface area contributed by atoms with Crippen LogP contribution in [-0.2, 0) is 0 Å². The zero-order chi connectivity index (χ0) is 9.10. The Kier molecular flexibility index (Phi) is 3.29. The summed E-state index contributed by atoms with van der Waals surface area (Å²) in [7, 11) is 0. The van der Waals surface area contributed by atoms with Crippen LogP contribution in [0.4, 0.5) is 0 Å². The van der Waals surface area contributed by atoms with Gasteiger partial charge in [-0.3, -0.25) is 0 Å². The summed E-state index contributed by atoms with van der Waals surface area (Å²) in [5.41, 5.74) is 0. The van der Waals surface area contributed by atoms with Crippen LogP contribution in [0.3, 0.4) is 0 Å². The summed E-state index contributed by atoms with van der Waals surface area (Å²) in [4.78, 5) is 0. The first-order valence-electron chi connectivity index (χ1n) is 6.36. The quantitative estimate of drug-likeness (QED) is 0.525. The molecule has 0 radical (unpaired) electrons. The Morgan fingerprint density at radius 2 is 1.23 bits per heavy atom. The Bertz CT molecular complexity index is 144. The zero-order valence-electron chi connectivity index (χ0n) is 9.10. The maximum Gasteiger partial charge on any atom is -0.0386 e. The monoisotopic (exact) mass is 180 g/mol. The fourth-order valence-electron chi connectivity index (χ4n) is 3.42. The molecule has 0 bridgehead atoms. The molecule has 0 heteroatoms. The van der Waals surface area contributed by atoms with Crippen LogP contribution in [0.2, 0.25) is 0 Å². The van der Waals surface area contributed by atoms with Crippen LogP contribution < -0.4 is 0 Å². The van der Waals surface area contributed by atoms with E-state index in [1.165, 1.54) is 32.1 Å².